The van der Waals surface area contributed by atoms with Crippen LogP contribution >= 0.6 is 11.3 Å². The number of aromatic nitrogens is 1. The molecule has 8 heteroatoms. The fraction of sp³-hybridized carbons (Fsp3) is 0.231. The van der Waals surface area contributed by atoms with Gasteiger partial charge in [-0.1, -0.05) is 47.7 Å². The molecule has 0 fully saturated rings. The molecule has 1 atom stereocenters. The van der Waals surface area contributed by atoms with E-state index in [9.17, 15) is 14.4 Å². The number of hydrogen-bond donors (Lipinski definition) is 0. The Bertz CT molecular complexity index is 1480. The van der Waals surface area contributed by atoms with Gasteiger partial charge in [0, 0.05) is 0 Å². The zero-order chi connectivity index (χ0) is 24.4. The van der Waals surface area contributed by atoms with Crippen molar-refractivity contribution in [1.82, 2.24) is 4.57 Å². The number of hydrogen-bond acceptors (Lipinski definition) is 7. The van der Waals surface area contributed by atoms with Gasteiger partial charge in [-0.25, -0.2) is 9.79 Å². The first-order chi connectivity index (χ1) is 16.3. The molecule has 1 aromatic heterocycles. The molecule has 34 heavy (non-hydrogen) atoms. The Hall–Kier alpha value is -3.78. The van der Waals surface area contributed by atoms with Crippen molar-refractivity contribution < 1.29 is 19.1 Å². The van der Waals surface area contributed by atoms with Crippen LogP contribution < -0.4 is 19.6 Å². The van der Waals surface area contributed by atoms with Crippen LogP contribution in [0.5, 0.6) is 5.75 Å². The number of allylic oxidation sites excluding steroid dienone is 1. The van der Waals surface area contributed by atoms with E-state index in [4.69, 9.17) is 9.47 Å². The van der Waals surface area contributed by atoms with Gasteiger partial charge in [0.2, 0.25) is 0 Å². The third kappa shape index (κ3) is 4.24. The number of fused-ring (bicyclic) bond motifs is 1. The summed E-state index contributed by atoms with van der Waals surface area (Å²) >= 11 is 1.24. The number of carbonyl (C=O) groups is 2. The third-order valence-electron chi connectivity index (χ3n) is 5.53. The first kappa shape index (κ1) is 23.4. The van der Waals surface area contributed by atoms with Gasteiger partial charge in [0.15, 0.2) is 10.6 Å². The molecule has 2 heterocycles. The summed E-state index contributed by atoms with van der Waals surface area (Å²) in [5.41, 5.74) is 2.58. The standard InChI is InChI=1S/C26H24N2O5S/c1-5-33-25(31)22-15(2)27-26-28(23(22)18-9-7-6-8-10-18)24(30)21(34-26)14-17-11-12-19(16(3)29)20(13-17)32-4/h6-14,23H,5H2,1-4H3/b21-14-. The predicted octanol–water partition coefficient (Wildman–Crippen LogP) is 3.01. The topological polar surface area (TPSA) is 87.0 Å². The van der Waals surface area contributed by atoms with Crippen molar-refractivity contribution >= 4 is 29.2 Å². The fourth-order valence-corrected chi connectivity index (χ4v) is 5.03. The molecule has 0 spiro atoms. The van der Waals surface area contributed by atoms with Crippen LogP contribution in [-0.2, 0) is 9.53 Å². The molecule has 7 nitrogen and oxygen atoms in total. The lowest BCUT2D eigenvalue weighted by molar-refractivity contribution is -0.139. The Balaban J connectivity index is 1.92. The summed E-state index contributed by atoms with van der Waals surface area (Å²) in [5, 5.41) is 0. The number of methoxy groups -OCH3 is 1. The number of nitrogens with zero attached hydrogens (tertiary/aromatic N) is 2. The number of rotatable bonds is 6. The zero-order valence-electron chi connectivity index (χ0n) is 19.3. The summed E-state index contributed by atoms with van der Waals surface area (Å²) < 4.78 is 12.7. The minimum absolute atomic E-state index is 0.104. The average Bonchev–Trinajstić information content (AvgIpc) is 3.12. The van der Waals surface area contributed by atoms with E-state index in [1.165, 1.54) is 25.4 Å². The van der Waals surface area contributed by atoms with Crippen LogP contribution in [0.1, 0.15) is 48.3 Å². The summed E-state index contributed by atoms with van der Waals surface area (Å²) in [4.78, 5) is 43.3. The molecule has 0 radical (unpaired) electrons. The first-order valence-corrected chi connectivity index (χ1v) is 11.6. The Labute approximate surface area is 200 Å². The van der Waals surface area contributed by atoms with Crippen molar-refractivity contribution in [2.24, 2.45) is 4.99 Å². The van der Waals surface area contributed by atoms with Gasteiger partial charge in [0.25, 0.3) is 5.56 Å². The SMILES string of the molecule is CCOC(=O)C1=C(C)N=c2s/c(=C\c3ccc(C(C)=O)c(OC)c3)c(=O)n2C1c1ccccc1. The van der Waals surface area contributed by atoms with E-state index >= 15 is 0 Å². The van der Waals surface area contributed by atoms with Gasteiger partial charge in [-0.15, -0.1) is 0 Å². The average molecular weight is 477 g/mol. The lowest BCUT2D eigenvalue weighted by Gasteiger charge is -2.24. The number of carbonyl (C=O) groups excluding carboxylic acids is 2. The Kier molecular flexibility index (Phi) is 6.61. The van der Waals surface area contributed by atoms with Gasteiger partial charge >= 0.3 is 5.97 Å². The molecular formula is C26H24N2O5S. The van der Waals surface area contributed by atoms with Crippen LogP contribution in [0.4, 0.5) is 0 Å². The molecule has 174 valence electrons. The van der Waals surface area contributed by atoms with Gasteiger partial charge in [0.1, 0.15) is 5.75 Å². The fourth-order valence-electron chi connectivity index (χ4n) is 3.98. The highest BCUT2D eigenvalue weighted by atomic mass is 32.1. The van der Waals surface area contributed by atoms with E-state index in [1.54, 1.807) is 42.7 Å². The monoisotopic (exact) mass is 476 g/mol. The molecule has 0 saturated carbocycles. The van der Waals surface area contributed by atoms with Crippen molar-refractivity contribution in [3.63, 3.8) is 0 Å². The molecule has 3 aromatic rings. The Morgan fingerprint density at radius 2 is 1.91 bits per heavy atom. The van der Waals surface area contributed by atoms with Gasteiger partial charge in [-0.05, 0) is 50.1 Å². The molecule has 1 unspecified atom stereocenters. The summed E-state index contributed by atoms with van der Waals surface area (Å²) in [6.07, 6.45) is 1.74. The second-order valence-corrected chi connectivity index (χ2v) is 8.74. The first-order valence-electron chi connectivity index (χ1n) is 10.8. The molecule has 1 aliphatic rings. The highest BCUT2D eigenvalue weighted by molar-refractivity contribution is 7.07. The number of ether oxygens (including phenoxy) is 2. The summed E-state index contributed by atoms with van der Waals surface area (Å²) in [6, 6.07) is 13.9. The van der Waals surface area contributed by atoms with Crippen molar-refractivity contribution in [2.45, 2.75) is 26.8 Å². The van der Waals surface area contributed by atoms with E-state index in [0.29, 0.717) is 37.5 Å². The summed E-state index contributed by atoms with van der Waals surface area (Å²) in [5.74, 6) is -0.152. The van der Waals surface area contributed by atoms with Crippen molar-refractivity contribution in [3.05, 3.63) is 96.2 Å². The van der Waals surface area contributed by atoms with E-state index in [1.807, 2.05) is 30.3 Å². The number of thiazole rings is 1. The van der Waals surface area contributed by atoms with Gasteiger partial charge in [-0.3, -0.25) is 14.2 Å². The lowest BCUT2D eigenvalue weighted by Crippen LogP contribution is -2.39. The number of ketones is 1. The van der Waals surface area contributed by atoms with Gasteiger partial charge < -0.3 is 9.47 Å². The van der Waals surface area contributed by atoms with E-state index in [0.717, 1.165) is 5.56 Å². The molecule has 0 saturated heterocycles. The molecule has 2 aromatic carbocycles. The smallest absolute Gasteiger partial charge is 0.338 e. The molecule has 0 N–H and O–H groups in total. The quantitative estimate of drug-likeness (QED) is 0.403. The molecular weight excluding hydrogens is 452 g/mol. The molecule has 4 rings (SSSR count). The van der Waals surface area contributed by atoms with Crippen LogP contribution in [0.15, 0.2) is 69.6 Å². The highest BCUT2D eigenvalue weighted by Crippen LogP contribution is 2.30. The minimum Gasteiger partial charge on any atom is -0.496 e. The molecule has 0 amide bonds. The number of Topliss-reactive ketones (excluding diaryl/α,β-unsaturated/α-hetero) is 1. The second-order valence-electron chi connectivity index (χ2n) is 7.73. The Morgan fingerprint density at radius 1 is 1.18 bits per heavy atom. The van der Waals surface area contributed by atoms with E-state index in [-0.39, 0.29) is 17.9 Å². The Morgan fingerprint density at radius 3 is 2.56 bits per heavy atom. The second kappa shape index (κ2) is 9.61. The molecule has 0 bridgehead atoms. The maximum absolute atomic E-state index is 13.6. The molecule has 1 aliphatic heterocycles. The van der Waals surface area contributed by atoms with Crippen LogP contribution in [0, 0.1) is 0 Å². The normalized spacial score (nSPS) is 15.5. The van der Waals surface area contributed by atoms with Crippen LogP contribution in [0.25, 0.3) is 6.08 Å². The largest absolute Gasteiger partial charge is 0.496 e. The summed E-state index contributed by atoms with van der Waals surface area (Å²) in [7, 11) is 1.50. The lowest BCUT2D eigenvalue weighted by atomic mass is 9.96. The van der Waals surface area contributed by atoms with Crippen molar-refractivity contribution in [2.75, 3.05) is 13.7 Å². The van der Waals surface area contributed by atoms with E-state index < -0.39 is 12.0 Å². The highest BCUT2D eigenvalue weighted by Gasteiger charge is 2.33. The maximum atomic E-state index is 13.6. The number of benzene rings is 2. The minimum atomic E-state index is -0.645. The van der Waals surface area contributed by atoms with Crippen LogP contribution in [0.3, 0.4) is 0 Å². The summed E-state index contributed by atoms with van der Waals surface area (Å²) in [6.45, 7) is 5.19. The maximum Gasteiger partial charge on any atom is 0.338 e. The van der Waals surface area contributed by atoms with Gasteiger partial charge in [-0.2, -0.15) is 0 Å². The van der Waals surface area contributed by atoms with Crippen molar-refractivity contribution in [3.8, 4) is 5.75 Å². The third-order valence-corrected chi connectivity index (χ3v) is 6.52. The molecule has 0 aliphatic carbocycles. The van der Waals surface area contributed by atoms with Crippen LogP contribution in [0.2, 0.25) is 0 Å². The van der Waals surface area contributed by atoms with Gasteiger partial charge in [0.05, 0.1) is 41.1 Å². The zero-order valence-corrected chi connectivity index (χ0v) is 20.1. The van der Waals surface area contributed by atoms with E-state index in [2.05, 4.69) is 4.99 Å². The van der Waals surface area contributed by atoms with Crippen molar-refractivity contribution in [1.29, 1.82) is 0 Å². The predicted molar refractivity (Wildman–Crippen MR) is 130 cm³/mol. The number of esters is 1. The van der Waals surface area contributed by atoms with Crippen LogP contribution in [-0.4, -0.2) is 30.0 Å².